The Hall–Kier alpha value is -1.64. The van der Waals surface area contributed by atoms with Crippen molar-refractivity contribution in [3.05, 3.63) is 18.3 Å². The molecule has 2 bridgehead atoms. The summed E-state index contributed by atoms with van der Waals surface area (Å²) in [5.41, 5.74) is 1.71. The van der Waals surface area contributed by atoms with E-state index in [0.29, 0.717) is 30.1 Å². The molecule has 2 aliphatic rings. The molecule has 2 saturated heterocycles. The smallest absolute Gasteiger partial charge is 0.178 e. The Balaban J connectivity index is 1.87. The summed E-state index contributed by atoms with van der Waals surface area (Å²) >= 11 is 0. The highest BCUT2D eigenvalue weighted by Crippen LogP contribution is 2.39. The fourth-order valence-electron chi connectivity index (χ4n) is 4.73. The number of ether oxygens (including phenoxy) is 1. The molecule has 0 spiro atoms. The summed E-state index contributed by atoms with van der Waals surface area (Å²) in [6, 6.07) is 4.47. The molecule has 2 aromatic rings. The highest BCUT2D eigenvalue weighted by molar-refractivity contribution is 7.91. The van der Waals surface area contributed by atoms with E-state index in [9.17, 15) is 8.42 Å². The van der Waals surface area contributed by atoms with Crippen LogP contribution in [0, 0.1) is 5.41 Å². The lowest BCUT2D eigenvalue weighted by atomic mass is 10.0. The minimum Gasteiger partial charge on any atom is -0.383 e. The Kier molecular flexibility index (Phi) is 5.38. The molecule has 2 aliphatic heterocycles. The molecule has 0 saturated carbocycles. The minimum atomic E-state index is -3.40. The SMILES string of the molecule is COCCn1ncc2cc(S(=O)(=O)CC(C)(C)C)cc(N3C4CCC3CNC4)c21. The third-order valence-electron chi connectivity index (χ3n) is 5.83. The molecule has 4 rings (SSSR count). The highest BCUT2D eigenvalue weighted by Gasteiger charge is 2.38. The molecule has 7 nitrogen and oxygen atoms in total. The molecule has 8 heteroatoms. The minimum absolute atomic E-state index is 0.122. The molecule has 2 fully saturated rings. The van der Waals surface area contributed by atoms with Gasteiger partial charge in [-0.05, 0) is 30.4 Å². The maximum Gasteiger partial charge on any atom is 0.178 e. The van der Waals surface area contributed by atoms with Crippen molar-refractivity contribution in [3.63, 3.8) is 0 Å². The first-order chi connectivity index (χ1) is 13.7. The third-order valence-corrected chi connectivity index (χ3v) is 8.03. The number of fused-ring (bicyclic) bond motifs is 3. The van der Waals surface area contributed by atoms with Gasteiger partial charge in [0.15, 0.2) is 9.84 Å². The second-order valence-corrected chi connectivity index (χ2v) is 11.5. The van der Waals surface area contributed by atoms with Crippen LogP contribution in [-0.4, -0.2) is 62.8 Å². The number of methoxy groups -OCH3 is 1. The largest absolute Gasteiger partial charge is 0.383 e. The molecular formula is C21H32N4O3S. The lowest BCUT2D eigenvalue weighted by molar-refractivity contribution is 0.185. The summed E-state index contributed by atoms with van der Waals surface area (Å²) in [4.78, 5) is 2.85. The van der Waals surface area contributed by atoms with E-state index < -0.39 is 9.84 Å². The van der Waals surface area contributed by atoms with Gasteiger partial charge < -0.3 is 15.0 Å². The van der Waals surface area contributed by atoms with Crippen molar-refractivity contribution in [1.82, 2.24) is 15.1 Å². The molecule has 0 amide bonds. The summed E-state index contributed by atoms with van der Waals surface area (Å²) in [7, 11) is -1.72. The number of hydrogen-bond acceptors (Lipinski definition) is 6. The van der Waals surface area contributed by atoms with Crippen molar-refractivity contribution in [2.24, 2.45) is 5.41 Å². The van der Waals surface area contributed by atoms with Crippen molar-refractivity contribution in [2.45, 2.75) is 57.1 Å². The molecule has 0 radical (unpaired) electrons. The normalized spacial score (nSPS) is 22.6. The highest BCUT2D eigenvalue weighted by atomic mass is 32.2. The van der Waals surface area contributed by atoms with E-state index in [1.807, 2.05) is 31.5 Å². The molecule has 2 atom stereocenters. The van der Waals surface area contributed by atoms with E-state index in [1.165, 1.54) is 0 Å². The van der Waals surface area contributed by atoms with E-state index in [2.05, 4.69) is 15.3 Å². The average Bonchev–Trinajstić information content (AvgIpc) is 3.15. The lowest BCUT2D eigenvalue weighted by Gasteiger charge is -2.38. The lowest BCUT2D eigenvalue weighted by Crippen LogP contribution is -2.52. The number of anilines is 1. The van der Waals surface area contributed by atoms with E-state index >= 15 is 0 Å². The van der Waals surface area contributed by atoms with Gasteiger partial charge in [0.2, 0.25) is 0 Å². The zero-order valence-electron chi connectivity index (χ0n) is 17.8. The number of nitrogens with zero attached hydrogens (tertiary/aromatic N) is 3. The molecule has 2 unspecified atom stereocenters. The quantitative estimate of drug-likeness (QED) is 0.774. The van der Waals surface area contributed by atoms with Gasteiger partial charge in [0, 0.05) is 37.7 Å². The zero-order chi connectivity index (χ0) is 20.8. The molecule has 0 aliphatic carbocycles. The van der Waals surface area contributed by atoms with Crippen LogP contribution in [0.2, 0.25) is 0 Å². The third kappa shape index (κ3) is 4.02. The predicted molar refractivity (Wildman–Crippen MR) is 115 cm³/mol. The first-order valence-electron chi connectivity index (χ1n) is 10.4. The van der Waals surface area contributed by atoms with Crippen molar-refractivity contribution in [3.8, 4) is 0 Å². The molecule has 3 heterocycles. The van der Waals surface area contributed by atoms with Crippen LogP contribution < -0.4 is 10.2 Å². The van der Waals surface area contributed by atoms with Gasteiger partial charge in [-0.1, -0.05) is 20.8 Å². The van der Waals surface area contributed by atoms with Crippen LogP contribution in [0.1, 0.15) is 33.6 Å². The second kappa shape index (κ2) is 7.56. The van der Waals surface area contributed by atoms with Gasteiger partial charge in [0.25, 0.3) is 0 Å². The van der Waals surface area contributed by atoms with Gasteiger partial charge in [-0.15, -0.1) is 0 Å². The molecule has 1 aromatic heterocycles. The molecule has 1 aromatic carbocycles. The number of rotatable bonds is 6. The summed E-state index contributed by atoms with van der Waals surface area (Å²) in [5.74, 6) is 0.122. The Labute approximate surface area is 173 Å². The Morgan fingerprint density at radius 1 is 1.21 bits per heavy atom. The number of nitrogens with one attached hydrogen (secondary N) is 1. The van der Waals surface area contributed by atoms with E-state index in [0.717, 1.165) is 42.5 Å². The maximum atomic E-state index is 13.2. The van der Waals surface area contributed by atoms with Crippen molar-refractivity contribution in [2.75, 3.05) is 37.5 Å². The monoisotopic (exact) mass is 420 g/mol. The van der Waals surface area contributed by atoms with Crippen LogP contribution in [0.25, 0.3) is 10.9 Å². The number of piperazine rings is 1. The van der Waals surface area contributed by atoms with Gasteiger partial charge in [-0.25, -0.2) is 8.42 Å². The van der Waals surface area contributed by atoms with E-state index in [1.54, 1.807) is 19.4 Å². The van der Waals surface area contributed by atoms with Gasteiger partial charge in [0.05, 0.1) is 41.2 Å². The van der Waals surface area contributed by atoms with Crippen LogP contribution in [0.15, 0.2) is 23.2 Å². The molecule has 1 N–H and O–H groups in total. The van der Waals surface area contributed by atoms with Gasteiger partial charge >= 0.3 is 0 Å². The standard InChI is InChI=1S/C21H32N4O3S/c1-21(2,3)14-29(26,27)18-9-15-11-23-24(7-8-28-4)20(15)19(10-18)25-16-5-6-17(25)13-22-12-16/h9-11,16-17,22H,5-8,12-14H2,1-4H3. The number of benzene rings is 1. The van der Waals surface area contributed by atoms with Crippen LogP contribution in [0.3, 0.4) is 0 Å². The van der Waals surface area contributed by atoms with E-state index in [-0.39, 0.29) is 11.2 Å². The number of hydrogen-bond donors (Lipinski definition) is 1. The van der Waals surface area contributed by atoms with Gasteiger partial charge in [0.1, 0.15) is 0 Å². The fraction of sp³-hybridized carbons (Fsp3) is 0.667. The Morgan fingerprint density at radius 3 is 2.52 bits per heavy atom. The van der Waals surface area contributed by atoms with Crippen LogP contribution >= 0.6 is 0 Å². The van der Waals surface area contributed by atoms with Gasteiger partial charge in [-0.3, -0.25) is 4.68 Å². The Morgan fingerprint density at radius 2 is 1.90 bits per heavy atom. The molecular weight excluding hydrogens is 388 g/mol. The first-order valence-corrected chi connectivity index (χ1v) is 12.1. The zero-order valence-corrected chi connectivity index (χ0v) is 18.6. The summed E-state index contributed by atoms with van der Waals surface area (Å²) in [5, 5.41) is 8.95. The van der Waals surface area contributed by atoms with Gasteiger partial charge in [-0.2, -0.15) is 5.10 Å². The summed E-state index contributed by atoms with van der Waals surface area (Å²) in [6.07, 6.45) is 4.05. The van der Waals surface area contributed by atoms with E-state index in [4.69, 9.17) is 4.74 Å². The topological polar surface area (TPSA) is 76.5 Å². The summed E-state index contributed by atoms with van der Waals surface area (Å²) < 4.78 is 33.6. The Bertz CT molecular complexity index is 977. The first kappa shape index (κ1) is 20.6. The van der Waals surface area contributed by atoms with Crippen molar-refractivity contribution >= 4 is 26.4 Å². The molecule has 160 valence electrons. The average molecular weight is 421 g/mol. The van der Waals surface area contributed by atoms with Crippen molar-refractivity contribution in [1.29, 1.82) is 0 Å². The number of aromatic nitrogens is 2. The fourth-order valence-corrected chi connectivity index (χ4v) is 6.64. The van der Waals surface area contributed by atoms with Crippen LogP contribution in [0.4, 0.5) is 5.69 Å². The van der Waals surface area contributed by atoms with Crippen LogP contribution in [-0.2, 0) is 21.1 Å². The number of sulfone groups is 1. The predicted octanol–water partition coefficient (Wildman–Crippen LogP) is 2.44. The van der Waals surface area contributed by atoms with Crippen molar-refractivity contribution < 1.29 is 13.2 Å². The van der Waals surface area contributed by atoms with Crippen LogP contribution in [0.5, 0.6) is 0 Å². The summed E-state index contributed by atoms with van der Waals surface area (Å²) in [6.45, 7) is 8.96. The maximum absolute atomic E-state index is 13.2. The second-order valence-electron chi connectivity index (χ2n) is 9.51. The molecule has 29 heavy (non-hydrogen) atoms.